The van der Waals surface area contributed by atoms with Crippen molar-refractivity contribution in [1.82, 2.24) is 10.6 Å². The van der Waals surface area contributed by atoms with Crippen LogP contribution in [0.25, 0.3) is 0 Å². The van der Waals surface area contributed by atoms with Gasteiger partial charge in [0.2, 0.25) is 5.91 Å². The van der Waals surface area contributed by atoms with E-state index in [-0.39, 0.29) is 24.8 Å². The number of amides is 2. The van der Waals surface area contributed by atoms with Crippen LogP contribution in [0.15, 0.2) is 42.5 Å². The summed E-state index contributed by atoms with van der Waals surface area (Å²) in [6.45, 7) is 5.21. The Bertz CT molecular complexity index is 825. The highest BCUT2D eigenvalue weighted by atomic mass is 35.5. The number of benzene rings is 2. The number of ether oxygens (including phenoxy) is 2. The molecule has 0 aliphatic rings. The first kappa shape index (κ1) is 22.6. The summed E-state index contributed by atoms with van der Waals surface area (Å²) in [5, 5.41) is 5.85. The van der Waals surface area contributed by atoms with Gasteiger partial charge in [0.25, 0.3) is 5.91 Å². The first-order valence-electron chi connectivity index (χ1n) is 9.49. The largest absolute Gasteiger partial charge is 0.493 e. The Hall–Kier alpha value is -2.73. The normalized spacial score (nSPS) is 10.5. The van der Waals surface area contributed by atoms with Gasteiger partial charge >= 0.3 is 0 Å². The summed E-state index contributed by atoms with van der Waals surface area (Å²) in [5.41, 5.74) is 1.36. The summed E-state index contributed by atoms with van der Waals surface area (Å²) in [7, 11) is 1.49. The standard InChI is InChI=1S/C22H27ClN2O4/c1-15(2)14-29-21-18(23)11-17(12-19(21)28-3)22(27)24-10-9-20(26)25-13-16-7-5-4-6-8-16/h4-8,11-12,15H,9-10,13-14H2,1-3H3,(H,24,27)(H,25,26). The number of rotatable bonds is 10. The third-order valence-corrected chi connectivity index (χ3v) is 4.30. The molecule has 0 aromatic heterocycles. The van der Waals surface area contributed by atoms with Crippen LogP contribution in [0, 0.1) is 5.92 Å². The lowest BCUT2D eigenvalue weighted by Gasteiger charge is -2.15. The van der Waals surface area contributed by atoms with E-state index in [1.165, 1.54) is 13.2 Å². The van der Waals surface area contributed by atoms with Gasteiger partial charge in [-0.3, -0.25) is 9.59 Å². The van der Waals surface area contributed by atoms with Gasteiger partial charge in [0, 0.05) is 25.1 Å². The molecule has 156 valence electrons. The predicted molar refractivity (Wildman–Crippen MR) is 114 cm³/mol. The lowest BCUT2D eigenvalue weighted by molar-refractivity contribution is -0.121. The fourth-order valence-electron chi connectivity index (χ4n) is 2.52. The fraction of sp³-hybridized carbons (Fsp3) is 0.364. The Morgan fingerprint density at radius 1 is 1.10 bits per heavy atom. The Morgan fingerprint density at radius 2 is 1.83 bits per heavy atom. The maximum Gasteiger partial charge on any atom is 0.251 e. The fourth-order valence-corrected chi connectivity index (χ4v) is 2.78. The molecular weight excluding hydrogens is 392 g/mol. The molecule has 2 amide bonds. The van der Waals surface area contributed by atoms with Gasteiger partial charge in [0.15, 0.2) is 11.5 Å². The monoisotopic (exact) mass is 418 g/mol. The molecule has 0 fully saturated rings. The Balaban J connectivity index is 1.86. The molecule has 2 aromatic carbocycles. The minimum atomic E-state index is -0.337. The molecule has 6 nitrogen and oxygen atoms in total. The zero-order chi connectivity index (χ0) is 21.2. The molecule has 0 aliphatic heterocycles. The van der Waals surface area contributed by atoms with Gasteiger partial charge in [0.05, 0.1) is 18.7 Å². The average molecular weight is 419 g/mol. The van der Waals surface area contributed by atoms with Gasteiger partial charge in [-0.2, -0.15) is 0 Å². The lowest BCUT2D eigenvalue weighted by Crippen LogP contribution is -2.30. The third kappa shape index (κ3) is 7.31. The summed E-state index contributed by atoms with van der Waals surface area (Å²) < 4.78 is 11.0. The van der Waals surface area contributed by atoms with E-state index in [0.717, 1.165) is 5.56 Å². The van der Waals surface area contributed by atoms with Crippen LogP contribution >= 0.6 is 11.6 Å². The molecule has 0 saturated heterocycles. The van der Waals surface area contributed by atoms with Crippen LogP contribution in [0.5, 0.6) is 11.5 Å². The summed E-state index contributed by atoms with van der Waals surface area (Å²) >= 11 is 6.28. The molecule has 0 saturated carbocycles. The van der Waals surface area contributed by atoms with Crippen molar-refractivity contribution in [2.45, 2.75) is 26.8 Å². The topological polar surface area (TPSA) is 76.7 Å². The number of nitrogens with one attached hydrogen (secondary N) is 2. The first-order chi connectivity index (χ1) is 13.9. The zero-order valence-corrected chi connectivity index (χ0v) is 17.7. The van der Waals surface area contributed by atoms with Crippen molar-refractivity contribution in [3.05, 3.63) is 58.6 Å². The second-order valence-electron chi connectivity index (χ2n) is 6.96. The Morgan fingerprint density at radius 3 is 2.48 bits per heavy atom. The van der Waals surface area contributed by atoms with Gasteiger partial charge in [-0.1, -0.05) is 55.8 Å². The first-order valence-corrected chi connectivity index (χ1v) is 9.87. The number of halogens is 1. The summed E-state index contributed by atoms with van der Waals surface area (Å²) in [6.07, 6.45) is 0.180. The van der Waals surface area contributed by atoms with Crippen molar-refractivity contribution in [1.29, 1.82) is 0 Å². The van der Waals surface area contributed by atoms with Crippen LogP contribution < -0.4 is 20.1 Å². The minimum Gasteiger partial charge on any atom is -0.493 e. The maximum atomic E-state index is 12.4. The molecule has 29 heavy (non-hydrogen) atoms. The average Bonchev–Trinajstić information content (AvgIpc) is 2.71. The Labute approximate surface area is 176 Å². The lowest BCUT2D eigenvalue weighted by atomic mass is 10.1. The molecule has 0 bridgehead atoms. The smallest absolute Gasteiger partial charge is 0.251 e. The van der Waals surface area contributed by atoms with E-state index < -0.39 is 0 Å². The van der Waals surface area contributed by atoms with E-state index in [0.29, 0.717) is 41.2 Å². The zero-order valence-electron chi connectivity index (χ0n) is 17.0. The molecular formula is C22H27ClN2O4. The van der Waals surface area contributed by atoms with Crippen molar-refractivity contribution in [3.63, 3.8) is 0 Å². The van der Waals surface area contributed by atoms with Crippen LogP contribution in [0.1, 0.15) is 36.2 Å². The molecule has 2 rings (SSSR count). The van der Waals surface area contributed by atoms with Crippen molar-refractivity contribution in [2.24, 2.45) is 5.92 Å². The minimum absolute atomic E-state index is 0.137. The molecule has 2 aromatic rings. The van der Waals surface area contributed by atoms with E-state index in [1.807, 2.05) is 44.2 Å². The summed E-state index contributed by atoms with van der Waals surface area (Å²) in [4.78, 5) is 24.3. The summed E-state index contributed by atoms with van der Waals surface area (Å²) in [5.74, 6) is 0.661. The van der Waals surface area contributed by atoms with Crippen molar-refractivity contribution < 1.29 is 19.1 Å². The maximum absolute atomic E-state index is 12.4. The molecule has 0 radical (unpaired) electrons. The molecule has 2 N–H and O–H groups in total. The van der Waals surface area contributed by atoms with Crippen molar-refractivity contribution in [2.75, 3.05) is 20.3 Å². The van der Waals surface area contributed by atoms with E-state index in [2.05, 4.69) is 10.6 Å². The molecule has 0 spiro atoms. The van der Waals surface area contributed by atoms with Crippen LogP contribution in [-0.2, 0) is 11.3 Å². The van der Waals surface area contributed by atoms with E-state index >= 15 is 0 Å². The number of carbonyl (C=O) groups excluding carboxylic acids is 2. The molecule has 7 heteroatoms. The van der Waals surface area contributed by atoms with Crippen LogP contribution in [0.2, 0.25) is 5.02 Å². The second kappa shape index (κ2) is 11.3. The van der Waals surface area contributed by atoms with Crippen LogP contribution in [0.3, 0.4) is 0 Å². The van der Waals surface area contributed by atoms with Crippen LogP contribution in [0.4, 0.5) is 0 Å². The molecule has 0 atom stereocenters. The van der Waals surface area contributed by atoms with E-state index in [9.17, 15) is 9.59 Å². The SMILES string of the molecule is COc1cc(C(=O)NCCC(=O)NCc2ccccc2)cc(Cl)c1OCC(C)C. The van der Waals surface area contributed by atoms with Gasteiger partial charge in [-0.05, 0) is 23.6 Å². The summed E-state index contributed by atoms with van der Waals surface area (Å²) in [6, 6.07) is 12.7. The van der Waals surface area contributed by atoms with Crippen molar-refractivity contribution in [3.8, 4) is 11.5 Å². The van der Waals surface area contributed by atoms with E-state index in [1.54, 1.807) is 6.07 Å². The predicted octanol–water partition coefficient (Wildman–Crippen LogP) is 3.82. The molecule has 0 heterocycles. The number of methoxy groups -OCH3 is 1. The highest BCUT2D eigenvalue weighted by molar-refractivity contribution is 6.32. The van der Waals surface area contributed by atoms with Gasteiger partial charge in [0.1, 0.15) is 0 Å². The van der Waals surface area contributed by atoms with Gasteiger partial charge < -0.3 is 20.1 Å². The van der Waals surface area contributed by atoms with E-state index in [4.69, 9.17) is 21.1 Å². The highest BCUT2D eigenvalue weighted by Crippen LogP contribution is 2.36. The quantitative estimate of drug-likeness (QED) is 0.615. The number of carbonyl (C=O) groups is 2. The van der Waals surface area contributed by atoms with Gasteiger partial charge in [-0.25, -0.2) is 0 Å². The van der Waals surface area contributed by atoms with Gasteiger partial charge in [-0.15, -0.1) is 0 Å². The molecule has 0 aliphatic carbocycles. The highest BCUT2D eigenvalue weighted by Gasteiger charge is 2.16. The van der Waals surface area contributed by atoms with Crippen molar-refractivity contribution >= 4 is 23.4 Å². The van der Waals surface area contributed by atoms with Crippen LogP contribution in [-0.4, -0.2) is 32.1 Å². The third-order valence-electron chi connectivity index (χ3n) is 4.02. The number of hydrogen-bond acceptors (Lipinski definition) is 4. The molecule has 0 unspecified atom stereocenters. The second-order valence-corrected chi connectivity index (χ2v) is 7.37. The number of hydrogen-bond donors (Lipinski definition) is 2. The Kier molecular flexibility index (Phi) is 8.80.